The van der Waals surface area contributed by atoms with E-state index in [1.807, 2.05) is 14.0 Å². The van der Waals surface area contributed by atoms with Crippen LogP contribution in [0.15, 0.2) is 0 Å². The molecule has 1 aromatic rings. The van der Waals surface area contributed by atoms with Crippen molar-refractivity contribution >= 4 is 11.6 Å². The largest absolute Gasteiger partial charge is 0.373 e. The number of aromatic nitrogens is 2. The second kappa shape index (κ2) is 5.12. The van der Waals surface area contributed by atoms with E-state index in [1.54, 1.807) is 0 Å². The Hall–Kier alpha value is -1.32. The van der Waals surface area contributed by atoms with Crippen LogP contribution in [-0.4, -0.2) is 29.1 Å². The van der Waals surface area contributed by atoms with Crippen molar-refractivity contribution in [2.75, 3.05) is 17.3 Å². The van der Waals surface area contributed by atoms with Gasteiger partial charge in [-0.05, 0) is 40.0 Å². The summed E-state index contributed by atoms with van der Waals surface area (Å²) in [6.07, 6.45) is 3.71. The Morgan fingerprint density at radius 3 is 2.61 bits per heavy atom. The van der Waals surface area contributed by atoms with Gasteiger partial charge in [-0.25, -0.2) is 9.97 Å². The quantitative estimate of drug-likeness (QED) is 0.893. The summed E-state index contributed by atoms with van der Waals surface area (Å²) < 4.78 is 0. The molecule has 2 atom stereocenters. The fourth-order valence-electron chi connectivity index (χ4n) is 2.96. The van der Waals surface area contributed by atoms with Gasteiger partial charge in [-0.1, -0.05) is 6.92 Å². The Kier molecular flexibility index (Phi) is 3.73. The van der Waals surface area contributed by atoms with Crippen LogP contribution >= 0.6 is 0 Å². The molecule has 4 heteroatoms. The average Bonchev–Trinajstić information content (AvgIpc) is 2.73. The van der Waals surface area contributed by atoms with Crippen molar-refractivity contribution in [1.29, 1.82) is 0 Å². The molecule has 1 N–H and O–H groups in total. The lowest BCUT2D eigenvalue weighted by atomic mass is 10.1. The van der Waals surface area contributed by atoms with Gasteiger partial charge in [0.15, 0.2) is 0 Å². The van der Waals surface area contributed by atoms with Crippen molar-refractivity contribution in [3.63, 3.8) is 0 Å². The molecule has 0 aromatic carbocycles. The van der Waals surface area contributed by atoms with Crippen LogP contribution < -0.4 is 10.2 Å². The highest BCUT2D eigenvalue weighted by atomic mass is 15.3. The van der Waals surface area contributed by atoms with Gasteiger partial charge in [-0.15, -0.1) is 0 Å². The molecule has 2 heterocycles. The first kappa shape index (κ1) is 13.1. The molecule has 2 rings (SSSR count). The van der Waals surface area contributed by atoms with Gasteiger partial charge >= 0.3 is 0 Å². The number of nitrogens with zero attached hydrogens (tertiary/aromatic N) is 3. The van der Waals surface area contributed by atoms with Crippen LogP contribution in [-0.2, 0) is 0 Å². The third-order valence-electron chi connectivity index (χ3n) is 3.97. The Labute approximate surface area is 110 Å². The van der Waals surface area contributed by atoms with Gasteiger partial charge in [-0.3, -0.25) is 0 Å². The SMILES string of the molecule is CCC1CCC(C)N1c1nc(C)nc(NC)c1C. The maximum Gasteiger partial charge on any atom is 0.137 e. The van der Waals surface area contributed by atoms with Crippen molar-refractivity contribution in [2.45, 2.75) is 59.0 Å². The Morgan fingerprint density at radius 2 is 2.00 bits per heavy atom. The van der Waals surface area contributed by atoms with Crippen LogP contribution in [0.1, 0.15) is 44.5 Å². The molecule has 1 fully saturated rings. The van der Waals surface area contributed by atoms with Crippen molar-refractivity contribution in [2.24, 2.45) is 0 Å². The van der Waals surface area contributed by atoms with Crippen LogP contribution in [0.3, 0.4) is 0 Å². The maximum atomic E-state index is 4.69. The summed E-state index contributed by atoms with van der Waals surface area (Å²) in [5.74, 6) is 2.91. The summed E-state index contributed by atoms with van der Waals surface area (Å²) in [5, 5.41) is 3.17. The Balaban J connectivity index is 2.46. The molecule has 1 aromatic heterocycles. The van der Waals surface area contributed by atoms with Crippen LogP contribution in [0, 0.1) is 13.8 Å². The summed E-state index contributed by atoms with van der Waals surface area (Å²) in [6, 6.07) is 1.20. The predicted octanol–water partition coefficient (Wildman–Crippen LogP) is 2.90. The number of aryl methyl sites for hydroxylation is 1. The van der Waals surface area contributed by atoms with E-state index in [0.29, 0.717) is 12.1 Å². The normalized spacial score (nSPS) is 23.5. The number of hydrogen-bond acceptors (Lipinski definition) is 4. The summed E-state index contributed by atoms with van der Waals surface area (Å²) in [4.78, 5) is 11.6. The van der Waals surface area contributed by atoms with Crippen LogP contribution in [0.4, 0.5) is 11.6 Å². The lowest BCUT2D eigenvalue weighted by molar-refractivity contribution is 0.618. The zero-order chi connectivity index (χ0) is 13.3. The zero-order valence-corrected chi connectivity index (χ0v) is 12.1. The molecular formula is C14H24N4. The van der Waals surface area contributed by atoms with Crippen molar-refractivity contribution in [3.05, 3.63) is 11.4 Å². The van der Waals surface area contributed by atoms with Gasteiger partial charge in [0.2, 0.25) is 0 Å². The third kappa shape index (κ3) is 2.16. The molecule has 1 saturated heterocycles. The predicted molar refractivity (Wildman–Crippen MR) is 76.3 cm³/mol. The minimum atomic E-state index is 0.577. The van der Waals surface area contributed by atoms with Crippen LogP contribution in [0.2, 0.25) is 0 Å². The highest BCUT2D eigenvalue weighted by Crippen LogP contribution is 2.34. The fraction of sp³-hybridized carbons (Fsp3) is 0.714. The summed E-state index contributed by atoms with van der Waals surface area (Å²) in [7, 11) is 1.92. The first-order valence-corrected chi connectivity index (χ1v) is 6.89. The average molecular weight is 248 g/mol. The highest BCUT2D eigenvalue weighted by molar-refractivity contribution is 5.59. The second-order valence-electron chi connectivity index (χ2n) is 5.21. The third-order valence-corrected chi connectivity index (χ3v) is 3.97. The molecule has 0 amide bonds. The maximum absolute atomic E-state index is 4.69. The molecule has 18 heavy (non-hydrogen) atoms. The van der Waals surface area contributed by atoms with E-state index in [2.05, 4.69) is 41.0 Å². The van der Waals surface area contributed by atoms with Gasteiger partial charge < -0.3 is 10.2 Å². The Bertz CT molecular complexity index is 430. The standard InChI is InChI=1S/C14H24N4/c1-6-12-8-7-9(2)18(12)14-10(3)13(15-5)16-11(4)17-14/h9,12H,6-8H2,1-5H3,(H,15,16,17). The van der Waals surface area contributed by atoms with Crippen LogP contribution in [0.25, 0.3) is 0 Å². The van der Waals surface area contributed by atoms with Gasteiger partial charge in [0.1, 0.15) is 17.5 Å². The molecule has 0 radical (unpaired) electrons. The van der Waals surface area contributed by atoms with Gasteiger partial charge in [-0.2, -0.15) is 0 Å². The highest BCUT2D eigenvalue weighted by Gasteiger charge is 2.32. The summed E-state index contributed by atoms with van der Waals surface area (Å²) >= 11 is 0. The van der Waals surface area contributed by atoms with E-state index in [4.69, 9.17) is 0 Å². The Morgan fingerprint density at radius 1 is 1.28 bits per heavy atom. The molecule has 0 bridgehead atoms. The van der Waals surface area contributed by atoms with E-state index in [-0.39, 0.29) is 0 Å². The van der Waals surface area contributed by atoms with Gasteiger partial charge in [0, 0.05) is 24.7 Å². The molecule has 1 aliphatic heterocycles. The molecule has 4 nitrogen and oxygen atoms in total. The van der Waals surface area contributed by atoms with Crippen LogP contribution in [0.5, 0.6) is 0 Å². The monoisotopic (exact) mass is 248 g/mol. The van der Waals surface area contributed by atoms with Gasteiger partial charge in [0.25, 0.3) is 0 Å². The molecule has 1 aliphatic rings. The first-order valence-electron chi connectivity index (χ1n) is 6.89. The van der Waals surface area contributed by atoms with Crippen molar-refractivity contribution in [3.8, 4) is 0 Å². The topological polar surface area (TPSA) is 41.1 Å². The minimum Gasteiger partial charge on any atom is -0.373 e. The van der Waals surface area contributed by atoms with E-state index < -0.39 is 0 Å². The molecular weight excluding hydrogens is 224 g/mol. The second-order valence-corrected chi connectivity index (χ2v) is 5.21. The van der Waals surface area contributed by atoms with E-state index in [1.165, 1.54) is 19.3 Å². The van der Waals surface area contributed by atoms with E-state index >= 15 is 0 Å². The van der Waals surface area contributed by atoms with Crippen molar-refractivity contribution < 1.29 is 0 Å². The van der Waals surface area contributed by atoms with Gasteiger partial charge in [0.05, 0.1) is 0 Å². The number of rotatable bonds is 3. The number of hydrogen-bond donors (Lipinski definition) is 1. The smallest absolute Gasteiger partial charge is 0.137 e. The van der Waals surface area contributed by atoms with E-state index in [0.717, 1.165) is 23.0 Å². The molecule has 100 valence electrons. The number of anilines is 2. The molecule has 0 aliphatic carbocycles. The summed E-state index contributed by atoms with van der Waals surface area (Å²) in [5.41, 5.74) is 1.16. The molecule has 0 saturated carbocycles. The molecule has 2 unspecified atom stereocenters. The van der Waals surface area contributed by atoms with Crippen molar-refractivity contribution in [1.82, 2.24) is 9.97 Å². The lowest BCUT2D eigenvalue weighted by Crippen LogP contribution is -2.35. The first-order chi connectivity index (χ1) is 8.58. The molecule has 0 spiro atoms. The van der Waals surface area contributed by atoms with E-state index in [9.17, 15) is 0 Å². The lowest BCUT2D eigenvalue weighted by Gasteiger charge is -2.31. The fourth-order valence-corrected chi connectivity index (χ4v) is 2.96. The number of nitrogens with one attached hydrogen (secondary N) is 1. The zero-order valence-electron chi connectivity index (χ0n) is 12.1. The summed E-state index contributed by atoms with van der Waals surface area (Å²) in [6.45, 7) is 8.63. The minimum absolute atomic E-state index is 0.577.